The molecule has 2 aromatic heterocycles. The van der Waals surface area contributed by atoms with Crippen LogP contribution < -0.4 is 5.73 Å². The number of hydrogen-bond acceptors (Lipinski definition) is 4. The van der Waals surface area contributed by atoms with Gasteiger partial charge in [0.1, 0.15) is 5.82 Å². The number of rotatable bonds is 2. The molecule has 0 fully saturated rings. The van der Waals surface area contributed by atoms with Gasteiger partial charge in [0, 0.05) is 5.69 Å². The highest BCUT2D eigenvalue weighted by molar-refractivity contribution is 6.05. The topological polar surface area (TPSA) is 105 Å². The molecule has 0 aliphatic rings. The van der Waals surface area contributed by atoms with Crippen molar-refractivity contribution in [1.82, 2.24) is 15.2 Å². The van der Waals surface area contributed by atoms with Crippen molar-refractivity contribution >= 4 is 22.8 Å². The molecule has 0 radical (unpaired) electrons. The van der Waals surface area contributed by atoms with E-state index in [4.69, 9.17) is 10.8 Å². The van der Waals surface area contributed by atoms with E-state index < -0.39 is 5.97 Å². The van der Waals surface area contributed by atoms with E-state index in [9.17, 15) is 4.79 Å². The minimum Gasteiger partial charge on any atom is -0.478 e. The zero-order valence-corrected chi connectivity index (χ0v) is 8.98. The Labute approximate surface area is 91.5 Å². The lowest BCUT2D eigenvalue weighted by molar-refractivity contribution is 0.0699. The predicted molar refractivity (Wildman–Crippen MR) is 59.3 cm³/mol. The van der Waals surface area contributed by atoms with Gasteiger partial charge in [-0.15, -0.1) is 0 Å². The van der Waals surface area contributed by atoms with Crippen molar-refractivity contribution in [2.24, 2.45) is 0 Å². The molecule has 0 bridgehead atoms. The van der Waals surface area contributed by atoms with Gasteiger partial charge in [-0.05, 0) is 12.0 Å². The number of nitrogens with two attached hydrogens (primary N) is 1. The molecule has 0 unspecified atom stereocenters. The van der Waals surface area contributed by atoms with Crippen molar-refractivity contribution in [3.05, 3.63) is 17.3 Å². The summed E-state index contributed by atoms with van der Waals surface area (Å²) < 4.78 is 0. The van der Waals surface area contributed by atoms with Crippen LogP contribution in [0.25, 0.3) is 11.0 Å². The van der Waals surface area contributed by atoms with Crippen LogP contribution >= 0.6 is 0 Å². The average Bonchev–Trinajstić information content (AvgIpc) is 2.59. The summed E-state index contributed by atoms with van der Waals surface area (Å²) in [5.74, 6) is -0.655. The Morgan fingerprint density at radius 1 is 1.56 bits per heavy atom. The third kappa shape index (κ3) is 1.48. The highest BCUT2D eigenvalue weighted by atomic mass is 16.4. The Kier molecular flexibility index (Phi) is 2.26. The molecule has 2 heterocycles. The normalized spacial score (nSPS) is 11.2. The lowest BCUT2D eigenvalue weighted by Gasteiger charge is -2.06. The molecule has 0 atom stereocenters. The monoisotopic (exact) mass is 220 g/mol. The highest BCUT2D eigenvalue weighted by Crippen LogP contribution is 2.24. The summed E-state index contributed by atoms with van der Waals surface area (Å²) >= 11 is 0. The molecule has 0 spiro atoms. The summed E-state index contributed by atoms with van der Waals surface area (Å²) in [5.41, 5.74) is 6.80. The minimum atomic E-state index is -1.03. The summed E-state index contributed by atoms with van der Waals surface area (Å²) in [4.78, 5) is 15.4. The van der Waals surface area contributed by atoms with Crippen LogP contribution in [-0.2, 0) is 0 Å². The van der Waals surface area contributed by atoms with E-state index in [1.54, 1.807) is 6.07 Å². The van der Waals surface area contributed by atoms with E-state index >= 15 is 0 Å². The van der Waals surface area contributed by atoms with Gasteiger partial charge in [-0.3, -0.25) is 5.10 Å². The second-order valence-corrected chi connectivity index (χ2v) is 3.89. The van der Waals surface area contributed by atoms with Crippen LogP contribution in [0.1, 0.15) is 35.8 Å². The number of aromatic carboxylic acids is 1. The first kappa shape index (κ1) is 10.4. The number of nitrogens with one attached hydrogen (secondary N) is 1. The number of aromatic nitrogens is 3. The molecule has 0 saturated carbocycles. The number of nitrogen functional groups attached to an aromatic ring is 1. The predicted octanol–water partition coefficient (Wildman–Crippen LogP) is 1.36. The highest BCUT2D eigenvalue weighted by Gasteiger charge is 2.17. The first-order valence-electron chi connectivity index (χ1n) is 4.88. The number of nitrogens with zero attached hydrogens (tertiary/aromatic N) is 2. The van der Waals surface area contributed by atoms with Crippen LogP contribution in [0.3, 0.4) is 0 Å². The fraction of sp³-hybridized carbons (Fsp3) is 0.300. The van der Waals surface area contributed by atoms with Crippen LogP contribution in [0, 0.1) is 0 Å². The number of carboxylic acids is 1. The van der Waals surface area contributed by atoms with Gasteiger partial charge < -0.3 is 10.8 Å². The van der Waals surface area contributed by atoms with Crippen LogP contribution in [0.5, 0.6) is 0 Å². The van der Waals surface area contributed by atoms with Gasteiger partial charge in [-0.1, -0.05) is 13.8 Å². The molecule has 0 saturated heterocycles. The van der Waals surface area contributed by atoms with Gasteiger partial charge in [0.2, 0.25) is 0 Å². The van der Waals surface area contributed by atoms with Crippen LogP contribution in [0.15, 0.2) is 6.07 Å². The molecule has 2 aromatic rings. The second kappa shape index (κ2) is 3.48. The van der Waals surface area contributed by atoms with E-state index in [1.807, 2.05) is 13.8 Å². The smallest absolute Gasteiger partial charge is 0.336 e. The van der Waals surface area contributed by atoms with Gasteiger partial charge in [-0.2, -0.15) is 5.10 Å². The largest absolute Gasteiger partial charge is 0.478 e. The van der Waals surface area contributed by atoms with Gasteiger partial charge in [0.15, 0.2) is 5.65 Å². The molecule has 0 aliphatic heterocycles. The van der Waals surface area contributed by atoms with Crippen molar-refractivity contribution in [1.29, 1.82) is 0 Å². The zero-order valence-electron chi connectivity index (χ0n) is 8.98. The van der Waals surface area contributed by atoms with E-state index in [0.29, 0.717) is 16.7 Å². The van der Waals surface area contributed by atoms with Crippen molar-refractivity contribution < 1.29 is 9.90 Å². The number of aromatic amines is 1. The molecular formula is C10H12N4O2. The second-order valence-electron chi connectivity index (χ2n) is 3.89. The van der Waals surface area contributed by atoms with Gasteiger partial charge in [0.25, 0.3) is 0 Å². The number of hydrogen-bond donors (Lipinski definition) is 3. The number of carbonyl (C=O) groups is 1. The van der Waals surface area contributed by atoms with Gasteiger partial charge >= 0.3 is 5.97 Å². The Hall–Kier alpha value is -2.11. The third-order valence-electron chi connectivity index (χ3n) is 2.39. The lowest BCUT2D eigenvalue weighted by Crippen LogP contribution is -2.03. The molecule has 84 valence electrons. The van der Waals surface area contributed by atoms with Gasteiger partial charge in [0.05, 0.1) is 10.9 Å². The minimum absolute atomic E-state index is 0.139. The van der Waals surface area contributed by atoms with E-state index in [2.05, 4.69) is 15.2 Å². The van der Waals surface area contributed by atoms with E-state index in [0.717, 1.165) is 0 Å². The summed E-state index contributed by atoms with van der Waals surface area (Å²) in [6.45, 7) is 3.88. The van der Waals surface area contributed by atoms with Crippen LogP contribution in [-0.4, -0.2) is 26.3 Å². The molecule has 0 aliphatic carbocycles. The molecule has 6 heteroatoms. The van der Waals surface area contributed by atoms with E-state index in [1.165, 1.54) is 0 Å². The van der Waals surface area contributed by atoms with E-state index in [-0.39, 0.29) is 17.3 Å². The summed E-state index contributed by atoms with van der Waals surface area (Å²) in [6.07, 6.45) is 0. The van der Waals surface area contributed by atoms with Crippen LogP contribution in [0.4, 0.5) is 5.82 Å². The van der Waals surface area contributed by atoms with Crippen molar-refractivity contribution in [2.45, 2.75) is 19.8 Å². The quantitative estimate of drug-likeness (QED) is 0.708. The fourth-order valence-corrected chi connectivity index (χ4v) is 1.53. The Balaban J connectivity index is 2.81. The third-order valence-corrected chi connectivity index (χ3v) is 2.39. The Morgan fingerprint density at radius 2 is 2.25 bits per heavy atom. The van der Waals surface area contributed by atoms with Crippen molar-refractivity contribution in [3.8, 4) is 0 Å². The van der Waals surface area contributed by atoms with Crippen molar-refractivity contribution in [3.63, 3.8) is 0 Å². The summed E-state index contributed by atoms with van der Waals surface area (Å²) in [7, 11) is 0. The molecule has 4 N–H and O–H groups in total. The molecule has 16 heavy (non-hydrogen) atoms. The number of fused-ring (bicyclic) bond motifs is 1. The standard InChI is InChI=1S/C10H12N4O2/c1-4(2)6-3-5(10(15)16)7-8(11)13-14-9(7)12-6/h3-4H,1-2H3,(H,15,16)(H3,11,12,13,14). The Morgan fingerprint density at radius 3 is 2.81 bits per heavy atom. The fourth-order valence-electron chi connectivity index (χ4n) is 1.53. The zero-order chi connectivity index (χ0) is 11.9. The maximum absolute atomic E-state index is 11.1. The molecule has 6 nitrogen and oxygen atoms in total. The number of H-pyrrole nitrogens is 1. The maximum Gasteiger partial charge on any atom is 0.336 e. The SMILES string of the molecule is CC(C)c1cc(C(=O)O)c2c(N)[nH]nc2n1. The first-order valence-corrected chi connectivity index (χ1v) is 4.88. The Bertz CT molecular complexity index is 559. The van der Waals surface area contributed by atoms with Crippen LogP contribution in [0.2, 0.25) is 0 Å². The molecular weight excluding hydrogens is 208 g/mol. The first-order chi connectivity index (χ1) is 7.50. The number of anilines is 1. The molecule has 0 aromatic carbocycles. The molecule has 0 amide bonds. The number of carboxylic acid groups (broad SMARTS) is 1. The average molecular weight is 220 g/mol. The van der Waals surface area contributed by atoms with Gasteiger partial charge in [-0.25, -0.2) is 9.78 Å². The maximum atomic E-state index is 11.1. The van der Waals surface area contributed by atoms with Crippen molar-refractivity contribution in [2.75, 3.05) is 5.73 Å². The summed E-state index contributed by atoms with van der Waals surface area (Å²) in [6, 6.07) is 1.54. The molecule has 2 rings (SSSR count). The lowest BCUT2D eigenvalue weighted by atomic mass is 10.1. The number of pyridine rings is 1. The summed E-state index contributed by atoms with van der Waals surface area (Å²) in [5, 5.41) is 15.9.